The van der Waals surface area contributed by atoms with Gasteiger partial charge in [0.15, 0.2) is 11.9 Å². The van der Waals surface area contributed by atoms with Gasteiger partial charge in [0.05, 0.1) is 18.4 Å². The van der Waals surface area contributed by atoms with E-state index < -0.39 is 18.0 Å². The molecule has 2 heterocycles. The third-order valence-electron chi connectivity index (χ3n) is 5.54. The zero-order chi connectivity index (χ0) is 23.4. The third-order valence-corrected chi connectivity index (χ3v) is 6.77. The Morgan fingerprint density at radius 1 is 1.12 bits per heavy atom. The number of hydrogen-bond donors (Lipinski definition) is 2. The van der Waals surface area contributed by atoms with E-state index in [0.29, 0.717) is 16.1 Å². The van der Waals surface area contributed by atoms with Gasteiger partial charge in [-0.05, 0) is 57.2 Å². The molecule has 1 aromatic carbocycles. The van der Waals surface area contributed by atoms with E-state index in [1.54, 1.807) is 25.1 Å². The summed E-state index contributed by atoms with van der Waals surface area (Å²) < 4.78 is 10.5. The van der Waals surface area contributed by atoms with E-state index >= 15 is 0 Å². The highest BCUT2D eigenvalue weighted by molar-refractivity contribution is 7.16. The van der Waals surface area contributed by atoms with E-state index in [-0.39, 0.29) is 18.2 Å². The Balaban J connectivity index is 1.69. The number of benzene rings is 1. The maximum Gasteiger partial charge on any atom is 0.341 e. The molecule has 2 N–H and O–H groups in total. The predicted octanol–water partition coefficient (Wildman–Crippen LogP) is 4.76. The largest absolute Gasteiger partial charge is 0.462 e. The van der Waals surface area contributed by atoms with Crippen LogP contribution in [0.15, 0.2) is 47.1 Å². The number of furan rings is 1. The van der Waals surface area contributed by atoms with Crippen molar-refractivity contribution in [2.45, 2.75) is 45.7 Å². The summed E-state index contributed by atoms with van der Waals surface area (Å²) in [6.07, 6.45) is 4.01. The van der Waals surface area contributed by atoms with Crippen molar-refractivity contribution in [3.05, 3.63) is 75.6 Å². The lowest BCUT2D eigenvalue weighted by molar-refractivity contribution is 0.0526. The fourth-order valence-electron chi connectivity index (χ4n) is 3.88. The van der Waals surface area contributed by atoms with Gasteiger partial charge in [0.2, 0.25) is 5.78 Å². The molecule has 1 aliphatic rings. The number of ether oxygens (including phenoxy) is 1. The molecule has 1 aliphatic carbocycles. The minimum Gasteiger partial charge on any atom is -0.462 e. The molecule has 172 valence electrons. The zero-order valence-electron chi connectivity index (χ0n) is 18.6. The van der Waals surface area contributed by atoms with Crippen molar-refractivity contribution < 1.29 is 23.5 Å². The number of esters is 1. The van der Waals surface area contributed by atoms with Crippen molar-refractivity contribution in [2.75, 3.05) is 11.9 Å². The van der Waals surface area contributed by atoms with Crippen molar-refractivity contribution in [3.63, 3.8) is 0 Å². The minimum absolute atomic E-state index is 0.0922. The molecule has 3 aromatic rings. The van der Waals surface area contributed by atoms with Crippen LogP contribution in [0.4, 0.5) is 5.00 Å². The number of Topliss-reactive ketones (excluding diaryl/α,β-unsaturated/α-hetero) is 1. The molecule has 0 spiro atoms. The number of carbonyl (C=O) groups excluding carboxylic acids is 3. The molecule has 0 unspecified atom stereocenters. The number of carbonyl (C=O) groups is 3. The van der Waals surface area contributed by atoms with Gasteiger partial charge in [0.25, 0.3) is 5.91 Å². The van der Waals surface area contributed by atoms with E-state index in [0.717, 1.165) is 41.7 Å². The normalized spacial score (nSPS) is 13.6. The van der Waals surface area contributed by atoms with Gasteiger partial charge in [-0.3, -0.25) is 9.59 Å². The Morgan fingerprint density at radius 3 is 2.58 bits per heavy atom. The molecule has 0 saturated carbocycles. The number of thiophene rings is 1. The van der Waals surface area contributed by atoms with Gasteiger partial charge in [0.1, 0.15) is 5.00 Å². The van der Waals surface area contributed by atoms with E-state index in [9.17, 15) is 14.4 Å². The molecule has 0 bridgehead atoms. The molecule has 1 atom stereocenters. The van der Waals surface area contributed by atoms with Gasteiger partial charge in [-0.15, -0.1) is 11.3 Å². The van der Waals surface area contributed by atoms with Gasteiger partial charge in [-0.25, -0.2) is 4.79 Å². The summed E-state index contributed by atoms with van der Waals surface area (Å²) in [6.45, 7) is 3.95. The van der Waals surface area contributed by atoms with Crippen LogP contribution < -0.4 is 10.6 Å². The second-order valence-electron chi connectivity index (χ2n) is 7.89. The molecule has 0 saturated heterocycles. The van der Waals surface area contributed by atoms with Gasteiger partial charge >= 0.3 is 5.97 Å². The Labute approximate surface area is 196 Å². The maximum atomic E-state index is 13.4. The second kappa shape index (κ2) is 10.0. The number of anilines is 1. The van der Waals surface area contributed by atoms with Gasteiger partial charge in [0, 0.05) is 10.4 Å². The first kappa shape index (κ1) is 22.8. The molecule has 4 rings (SSSR count). The fourth-order valence-corrected chi connectivity index (χ4v) is 5.19. The molecule has 0 radical (unpaired) electrons. The van der Waals surface area contributed by atoms with E-state index in [1.165, 1.54) is 23.7 Å². The summed E-state index contributed by atoms with van der Waals surface area (Å²) in [4.78, 5) is 40.1. The Morgan fingerprint density at radius 2 is 1.88 bits per heavy atom. The summed E-state index contributed by atoms with van der Waals surface area (Å²) >= 11 is 1.45. The van der Waals surface area contributed by atoms with Crippen LogP contribution >= 0.6 is 11.3 Å². The van der Waals surface area contributed by atoms with E-state index in [2.05, 4.69) is 10.6 Å². The predicted molar refractivity (Wildman–Crippen MR) is 126 cm³/mol. The molecule has 33 heavy (non-hydrogen) atoms. The van der Waals surface area contributed by atoms with Crippen LogP contribution in [0.3, 0.4) is 0 Å². The van der Waals surface area contributed by atoms with Crippen LogP contribution in [0.2, 0.25) is 0 Å². The highest BCUT2D eigenvalue weighted by Crippen LogP contribution is 2.39. The summed E-state index contributed by atoms with van der Waals surface area (Å²) in [5.74, 6) is -1.18. The standard InChI is InChI=1S/C25H26N2O5S/c1-3-31-25(30)20-17-7-4-5-9-19(17)33-24(20)27-22(26-23(29)18-8-6-14-32-18)21(28)16-12-10-15(2)11-13-16/h6,8,10-14,22,27H,3-5,7,9H2,1-2H3,(H,26,29)/t22-/m0/s1. The quantitative estimate of drug-likeness (QED) is 0.282. The van der Waals surface area contributed by atoms with Crippen LogP contribution in [-0.2, 0) is 17.6 Å². The lowest BCUT2D eigenvalue weighted by Crippen LogP contribution is -2.46. The molecular weight excluding hydrogens is 440 g/mol. The Kier molecular flexibility index (Phi) is 6.93. The van der Waals surface area contributed by atoms with Crippen LogP contribution in [0.5, 0.6) is 0 Å². The first-order valence-corrected chi connectivity index (χ1v) is 11.8. The number of rotatable bonds is 8. The number of amides is 1. The smallest absolute Gasteiger partial charge is 0.341 e. The summed E-state index contributed by atoms with van der Waals surface area (Å²) in [6, 6.07) is 10.2. The van der Waals surface area contributed by atoms with Crippen LogP contribution in [-0.4, -0.2) is 30.4 Å². The lowest BCUT2D eigenvalue weighted by Gasteiger charge is -2.20. The average Bonchev–Trinajstić information content (AvgIpc) is 3.47. The minimum atomic E-state index is -1.10. The highest BCUT2D eigenvalue weighted by Gasteiger charge is 2.30. The van der Waals surface area contributed by atoms with E-state index in [1.807, 2.05) is 19.1 Å². The molecule has 0 fully saturated rings. The number of ketones is 1. The molecule has 7 nitrogen and oxygen atoms in total. The molecule has 2 aromatic heterocycles. The van der Waals surface area contributed by atoms with Crippen LogP contribution in [0.25, 0.3) is 0 Å². The van der Waals surface area contributed by atoms with Crippen molar-refractivity contribution >= 4 is 34.0 Å². The first-order chi connectivity index (χ1) is 16.0. The van der Waals surface area contributed by atoms with Gasteiger partial charge in [-0.1, -0.05) is 29.8 Å². The third kappa shape index (κ3) is 5.01. The number of aryl methyl sites for hydroxylation is 2. The van der Waals surface area contributed by atoms with Crippen LogP contribution in [0.1, 0.15) is 67.0 Å². The number of hydrogen-bond acceptors (Lipinski definition) is 7. The van der Waals surface area contributed by atoms with Crippen molar-refractivity contribution in [3.8, 4) is 0 Å². The second-order valence-corrected chi connectivity index (χ2v) is 9.00. The average molecular weight is 467 g/mol. The van der Waals surface area contributed by atoms with Crippen molar-refractivity contribution in [1.82, 2.24) is 5.32 Å². The van der Waals surface area contributed by atoms with Crippen LogP contribution in [0, 0.1) is 6.92 Å². The summed E-state index contributed by atoms with van der Waals surface area (Å²) in [7, 11) is 0. The monoisotopic (exact) mass is 466 g/mol. The van der Waals surface area contributed by atoms with Crippen molar-refractivity contribution in [2.24, 2.45) is 0 Å². The van der Waals surface area contributed by atoms with Gasteiger partial charge < -0.3 is 19.8 Å². The number of nitrogens with one attached hydrogen (secondary N) is 2. The zero-order valence-corrected chi connectivity index (χ0v) is 19.4. The van der Waals surface area contributed by atoms with Crippen molar-refractivity contribution in [1.29, 1.82) is 0 Å². The molecule has 0 aliphatic heterocycles. The Bertz CT molecular complexity index is 1150. The SMILES string of the molecule is CCOC(=O)c1c(N[C@H](NC(=O)c2ccco2)C(=O)c2ccc(C)cc2)sc2c1CCCC2. The Hall–Kier alpha value is -3.39. The summed E-state index contributed by atoms with van der Waals surface area (Å²) in [5.41, 5.74) is 2.90. The lowest BCUT2D eigenvalue weighted by atomic mass is 9.95. The molecular formula is C25H26N2O5S. The first-order valence-electron chi connectivity index (χ1n) is 11.0. The maximum absolute atomic E-state index is 13.4. The summed E-state index contributed by atoms with van der Waals surface area (Å²) in [5, 5.41) is 6.40. The molecule has 8 heteroatoms. The van der Waals surface area contributed by atoms with E-state index in [4.69, 9.17) is 9.15 Å². The number of fused-ring (bicyclic) bond motifs is 1. The fraction of sp³-hybridized carbons (Fsp3) is 0.320. The highest BCUT2D eigenvalue weighted by atomic mass is 32.1. The molecule has 1 amide bonds. The van der Waals surface area contributed by atoms with Gasteiger partial charge in [-0.2, -0.15) is 0 Å². The topological polar surface area (TPSA) is 97.6 Å².